The van der Waals surface area contributed by atoms with Gasteiger partial charge in [-0.25, -0.2) is 0 Å². The third kappa shape index (κ3) is 3.02. The van der Waals surface area contributed by atoms with Crippen molar-refractivity contribution in [1.29, 1.82) is 0 Å². The van der Waals surface area contributed by atoms with Crippen LogP contribution in [0.4, 0.5) is 5.69 Å². The summed E-state index contributed by atoms with van der Waals surface area (Å²) in [7, 11) is 0. The van der Waals surface area contributed by atoms with E-state index in [1.54, 1.807) is 6.92 Å². The molecule has 1 saturated heterocycles. The monoisotopic (exact) mass is 248 g/mol. The molecule has 0 aliphatic carbocycles. The SMILES string of the molecule is CCC1CCCCCN1c1ccc([C@@H](C)O)nc1. The second kappa shape index (κ2) is 6.19. The molecule has 1 N–H and O–H groups in total. The average Bonchev–Trinajstić information content (AvgIpc) is 2.63. The van der Waals surface area contributed by atoms with Crippen LogP contribution < -0.4 is 4.90 Å². The summed E-state index contributed by atoms with van der Waals surface area (Å²) in [4.78, 5) is 6.85. The van der Waals surface area contributed by atoms with E-state index in [9.17, 15) is 5.11 Å². The van der Waals surface area contributed by atoms with Gasteiger partial charge >= 0.3 is 0 Å². The number of aliphatic hydroxyl groups is 1. The van der Waals surface area contributed by atoms with Gasteiger partial charge in [0, 0.05) is 12.6 Å². The maximum Gasteiger partial charge on any atom is 0.0931 e. The topological polar surface area (TPSA) is 36.4 Å². The highest BCUT2D eigenvalue weighted by molar-refractivity contribution is 5.46. The van der Waals surface area contributed by atoms with E-state index in [1.165, 1.54) is 37.8 Å². The van der Waals surface area contributed by atoms with Crippen molar-refractivity contribution in [3.63, 3.8) is 0 Å². The highest BCUT2D eigenvalue weighted by Gasteiger charge is 2.20. The van der Waals surface area contributed by atoms with Crippen LogP contribution in [0.5, 0.6) is 0 Å². The smallest absolute Gasteiger partial charge is 0.0931 e. The van der Waals surface area contributed by atoms with E-state index in [-0.39, 0.29) is 0 Å². The van der Waals surface area contributed by atoms with E-state index in [0.717, 1.165) is 12.2 Å². The molecule has 0 bridgehead atoms. The quantitative estimate of drug-likeness (QED) is 0.891. The summed E-state index contributed by atoms with van der Waals surface area (Å²) in [5.41, 5.74) is 1.95. The van der Waals surface area contributed by atoms with E-state index in [0.29, 0.717) is 6.04 Å². The number of rotatable bonds is 3. The Kier molecular flexibility index (Phi) is 4.59. The lowest BCUT2D eigenvalue weighted by atomic mass is 10.1. The molecule has 0 amide bonds. The summed E-state index contributed by atoms with van der Waals surface area (Å²) in [6.45, 7) is 5.15. The van der Waals surface area contributed by atoms with Crippen LogP contribution in [0.1, 0.15) is 57.7 Å². The van der Waals surface area contributed by atoms with E-state index in [1.807, 2.05) is 12.3 Å². The number of aromatic nitrogens is 1. The van der Waals surface area contributed by atoms with E-state index < -0.39 is 6.10 Å². The zero-order valence-corrected chi connectivity index (χ0v) is 11.5. The minimum atomic E-state index is -0.481. The van der Waals surface area contributed by atoms with E-state index in [4.69, 9.17) is 0 Å². The van der Waals surface area contributed by atoms with Crippen LogP contribution in [0.25, 0.3) is 0 Å². The Labute approximate surface area is 110 Å². The molecule has 1 aliphatic rings. The van der Waals surface area contributed by atoms with Crippen molar-refractivity contribution in [2.75, 3.05) is 11.4 Å². The van der Waals surface area contributed by atoms with Gasteiger partial charge in [-0.3, -0.25) is 4.98 Å². The van der Waals surface area contributed by atoms with Crippen molar-refractivity contribution in [2.24, 2.45) is 0 Å². The predicted octanol–water partition coefficient (Wildman–Crippen LogP) is 3.29. The maximum absolute atomic E-state index is 9.49. The van der Waals surface area contributed by atoms with Crippen LogP contribution >= 0.6 is 0 Å². The number of anilines is 1. The molecule has 1 aliphatic heterocycles. The Morgan fingerprint density at radius 2 is 2.22 bits per heavy atom. The minimum absolute atomic E-state index is 0.481. The fourth-order valence-corrected chi connectivity index (χ4v) is 2.76. The summed E-state index contributed by atoms with van der Waals surface area (Å²) >= 11 is 0. The second-order valence-corrected chi connectivity index (χ2v) is 5.22. The molecule has 1 fully saturated rings. The van der Waals surface area contributed by atoms with Gasteiger partial charge in [0.15, 0.2) is 0 Å². The van der Waals surface area contributed by atoms with Crippen LogP contribution in [0.2, 0.25) is 0 Å². The number of pyridine rings is 1. The lowest BCUT2D eigenvalue weighted by molar-refractivity contribution is 0.194. The van der Waals surface area contributed by atoms with Crippen LogP contribution in [0.3, 0.4) is 0 Å². The van der Waals surface area contributed by atoms with Gasteiger partial charge in [0.2, 0.25) is 0 Å². The lowest BCUT2D eigenvalue weighted by Crippen LogP contribution is -2.34. The number of hydrogen-bond acceptors (Lipinski definition) is 3. The molecule has 2 rings (SSSR count). The van der Waals surface area contributed by atoms with Gasteiger partial charge in [-0.2, -0.15) is 0 Å². The first-order valence-corrected chi connectivity index (χ1v) is 7.13. The highest BCUT2D eigenvalue weighted by Crippen LogP contribution is 2.26. The summed E-state index contributed by atoms with van der Waals surface area (Å²) in [6, 6.07) is 4.69. The van der Waals surface area contributed by atoms with Gasteiger partial charge in [-0.05, 0) is 38.3 Å². The first-order valence-electron chi connectivity index (χ1n) is 7.13. The molecule has 1 aromatic heterocycles. The van der Waals surface area contributed by atoms with Crippen molar-refractivity contribution >= 4 is 5.69 Å². The van der Waals surface area contributed by atoms with Crippen LogP contribution in [-0.4, -0.2) is 22.7 Å². The third-order valence-electron chi connectivity index (χ3n) is 3.88. The molecule has 3 heteroatoms. The van der Waals surface area contributed by atoms with Gasteiger partial charge in [0.1, 0.15) is 0 Å². The average molecular weight is 248 g/mol. The van der Waals surface area contributed by atoms with Crippen molar-refractivity contribution in [2.45, 2.75) is 58.1 Å². The second-order valence-electron chi connectivity index (χ2n) is 5.22. The maximum atomic E-state index is 9.49. The normalized spacial score (nSPS) is 22.6. The van der Waals surface area contributed by atoms with Crippen molar-refractivity contribution in [1.82, 2.24) is 4.98 Å². The number of aliphatic hydroxyl groups excluding tert-OH is 1. The zero-order valence-electron chi connectivity index (χ0n) is 11.5. The summed E-state index contributed by atoms with van der Waals surface area (Å²) in [5, 5.41) is 9.49. The standard InChI is InChI=1S/C15H24N2O/c1-3-13-7-5-4-6-10-17(13)14-8-9-15(12(2)18)16-11-14/h8-9,11-13,18H,3-7,10H2,1-2H3/t12-,13?/m1/s1. The molecular formula is C15H24N2O. The van der Waals surface area contributed by atoms with Crippen LogP contribution in [-0.2, 0) is 0 Å². The lowest BCUT2D eigenvalue weighted by Gasteiger charge is -2.31. The Balaban J connectivity index is 2.16. The first-order chi connectivity index (χ1) is 8.72. The van der Waals surface area contributed by atoms with Crippen molar-refractivity contribution in [3.05, 3.63) is 24.0 Å². The molecule has 100 valence electrons. The Bertz CT molecular complexity index is 361. The largest absolute Gasteiger partial charge is 0.387 e. The number of nitrogens with zero attached hydrogens (tertiary/aromatic N) is 2. The zero-order chi connectivity index (χ0) is 13.0. The fourth-order valence-electron chi connectivity index (χ4n) is 2.76. The Morgan fingerprint density at radius 1 is 1.39 bits per heavy atom. The molecule has 2 heterocycles. The summed E-state index contributed by atoms with van der Waals surface area (Å²) in [5.74, 6) is 0. The molecule has 0 spiro atoms. The molecule has 0 saturated carbocycles. The Morgan fingerprint density at radius 3 is 2.83 bits per heavy atom. The van der Waals surface area contributed by atoms with Crippen LogP contribution in [0.15, 0.2) is 18.3 Å². The summed E-state index contributed by atoms with van der Waals surface area (Å²) in [6.07, 6.45) is 7.86. The number of hydrogen-bond donors (Lipinski definition) is 1. The van der Waals surface area contributed by atoms with Gasteiger partial charge in [0.25, 0.3) is 0 Å². The van der Waals surface area contributed by atoms with E-state index in [2.05, 4.69) is 22.9 Å². The van der Waals surface area contributed by atoms with Gasteiger partial charge < -0.3 is 10.0 Å². The molecule has 3 nitrogen and oxygen atoms in total. The fraction of sp³-hybridized carbons (Fsp3) is 0.667. The Hall–Kier alpha value is -1.09. The first kappa shape index (κ1) is 13.3. The van der Waals surface area contributed by atoms with Crippen molar-refractivity contribution < 1.29 is 5.11 Å². The predicted molar refractivity (Wildman–Crippen MR) is 74.8 cm³/mol. The highest BCUT2D eigenvalue weighted by atomic mass is 16.3. The molecule has 1 unspecified atom stereocenters. The molecule has 18 heavy (non-hydrogen) atoms. The van der Waals surface area contributed by atoms with Gasteiger partial charge in [0.05, 0.1) is 23.7 Å². The molecule has 0 aromatic carbocycles. The molecular weight excluding hydrogens is 224 g/mol. The van der Waals surface area contributed by atoms with E-state index >= 15 is 0 Å². The summed E-state index contributed by atoms with van der Waals surface area (Å²) < 4.78 is 0. The van der Waals surface area contributed by atoms with Crippen molar-refractivity contribution in [3.8, 4) is 0 Å². The third-order valence-corrected chi connectivity index (χ3v) is 3.88. The van der Waals surface area contributed by atoms with Gasteiger partial charge in [-0.15, -0.1) is 0 Å². The molecule has 1 aromatic rings. The molecule has 0 radical (unpaired) electrons. The van der Waals surface area contributed by atoms with Crippen LogP contribution in [0, 0.1) is 0 Å². The van der Waals surface area contributed by atoms with Gasteiger partial charge in [-0.1, -0.05) is 19.8 Å². The minimum Gasteiger partial charge on any atom is -0.387 e. The molecule has 2 atom stereocenters.